The molecule has 3 amide bonds. The van der Waals surface area contributed by atoms with Crippen LogP contribution in [0.3, 0.4) is 0 Å². The van der Waals surface area contributed by atoms with Crippen LogP contribution < -0.4 is 20.7 Å². The van der Waals surface area contributed by atoms with Crippen molar-refractivity contribution in [3.05, 3.63) is 52.0 Å². The topological polar surface area (TPSA) is 91.9 Å². The van der Waals surface area contributed by atoms with Gasteiger partial charge in [0.15, 0.2) is 0 Å². The smallest absolute Gasteiger partial charge is 0.323 e. The SMILES string of the molecule is CO[C@@H]1CN(C)C(=O)c2cc(NC(=O)Nc3cc(Cl)cc(Cl)c3)ccc2OC[C@H](C)NC[C@H]1C. The number of ether oxygens (including phenoxy) is 2. The zero-order valence-electron chi connectivity index (χ0n) is 19.7. The molecule has 3 atom stereocenters. The van der Waals surface area contributed by atoms with Gasteiger partial charge in [-0.25, -0.2) is 4.79 Å². The maximum Gasteiger partial charge on any atom is 0.323 e. The van der Waals surface area contributed by atoms with Crippen LogP contribution in [-0.2, 0) is 4.74 Å². The summed E-state index contributed by atoms with van der Waals surface area (Å²) in [5.41, 5.74) is 1.23. The lowest BCUT2D eigenvalue weighted by molar-refractivity contribution is 0.0281. The van der Waals surface area contributed by atoms with Crippen molar-refractivity contribution in [2.75, 3.05) is 44.5 Å². The lowest BCUT2D eigenvalue weighted by Crippen LogP contribution is -2.44. The first-order chi connectivity index (χ1) is 16.2. The van der Waals surface area contributed by atoms with Gasteiger partial charge in [-0.2, -0.15) is 0 Å². The Balaban J connectivity index is 1.83. The molecule has 0 unspecified atom stereocenters. The quantitative estimate of drug-likeness (QED) is 0.557. The van der Waals surface area contributed by atoms with Gasteiger partial charge in [0, 0.05) is 54.7 Å². The highest BCUT2D eigenvalue weighted by atomic mass is 35.5. The van der Waals surface area contributed by atoms with Gasteiger partial charge in [-0.3, -0.25) is 4.79 Å². The van der Waals surface area contributed by atoms with Crippen molar-refractivity contribution in [1.82, 2.24) is 10.2 Å². The zero-order chi connectivity index (χ0) is 24.8. The molecule has 0 radical (unpaired) electrons. The molecule has 1 aliphatic rings. The van der Waals surface area contributed by atoms with Crippen molar-refractivity contribution in [1.29, 1.82) is 0 Å². The molecular formula is C24H30Cl2N4O4. The van der Waals surface area contributed by atoms with Gasteiger partial charge in [0.25, 0.3) is 5.91 Å². The van der Waals surface area contributed by atoms with E-state index in [1.165, 1.54) is 0 Å². The molecule has 34 heavy (non-hydrogen) atoms. The van der Waals surface area contributed by atoms with Crippen molar-refractivity contribution in [3.63, 3.8) is 0 Å². The van der Waals surface area contributed by atoms with Crippen molar-refractivity contribution < 1.29 is 19.1 Å². The van der Waals surface area contributed by atoms with Crippen molar-refractivity contribution in [3.8, 4) is 5.75 Å². The number of halogens is 2. The molecular weight excluding hydrogens is 479 g/mol. The van der Waals surface area contributed by atoms with Crippen LogP contribution in [0.1, 0.15) is 24.2 Å². The number of carbonyl (C=O) groups is 2. The summed E-state index contributed by atoms with van der Waals surface area (Å²) in [6.07, 6.45) is -0.131. The minimum Gasteiger partial charge on any atom is -0.491 e. The number of hydrogen-bond donors (Lipinski definition) is 3. The molecule has 10 heteroatoms. The lowest BCUT2D eigenvalue weighted by atomic mass is 10.0. The van der Waals surface area contributed by atoms with Crippen LogP contribution >= 0.6 is 23.2 Å². The number of nitrogens with one attached hydrogen (secondary N) is 3. The van der Waals surface area contributed by atoms with Gasteiger partial charge in [0.1, 0.15) is 12.4 Å². The number of amides is 3. The van der Waals surface area contributed by atoms with Crippen LogP contribution in [0, 0.1) is 5.92 Å². The first kappa shape index (κ1) is 26.1. The summed E-state index contributed by atoms with van der Waals surface area (Å²) < 4.78 is 11.6. The number of urea groups is 1. The molecule has 2 aromatic rings. The number of nitrogens with zero attached hydrogens (tertiary/aromatic N) is 1. The minimum absolute atomic E-state index is 0.0770. The normalized spacial score (nSPS) is 21.5. The van der Waals surface area contributed by atoms with E-state index in [-0.39, 0.29) is 24.0 Å². The van der Waals surface area contributed by atoms with Crippen LogP contribution in [-0.4, -0.2) is 62.8 Å². The molecule has 0 bridgehead atoms. The molecule has 1 aliphatic heterocycles. The van der Waals surface area contributed by atoms with Crippen molar-refractivity contribution >= 4 is 46.5 Å². The fourth-order valence-corrected chi connectivity index (χ4v) is 4.18. The summed E-state index contributed by atoms with van der Waals surface area (Å²) in [5, 5.41) is 9.67. The number of anilines is 2. The number of likely N-dealkylation sites (N-methyl/N-ethyl adjacent to an activating group) is 1. The second-order valence-corrected chi connectivity index (χ2v) is 9.38. The molecule has 0 saturated carbocycles. The van der Waals surface area contributed by atoms with E-state index in [1.807, 2.05) is 6.92 Å². The largest absolute Gasteiger partial charge is 0.491 e. The summed E-state index contributed by atoms with van der Waals surface area (Å²) in [6, 6.07) is 9.29. The molecule has 0 aliphatic carbocycles. The van der Waals surface area contributed by atoms with E-state index in [0.29, 0.717) is 45.9 Å². The lowest BCUT2D eigenvalue weighted by Gasteiger charge is -2.30. The van der Waals surface area contributed by atoms with Gasteiger partial charge in [-0.1, -0.05) is 30.1 Å². The van der Waals surface area contributed by atoms with E-state index in [2.05, 4.69) is 22.9 Å². The van der Waals surface area contributed by atoms with Crippen LogP contribution in [0.2, 0.25) is 10.0 Å². The molecule has 0 aromatic heterocycles. The Kier molecular flexibility index (Phi) is 9.02. The highest BCUT2D eigenvalue weighted by Crippen LogP contribution is 2.26. The van der Waals surface area contributed by atoms with Crippen LogP contribution in [0.15, 0.2) is 36.4 Å². The zero-order valence-corrected chi connectivity index (χ0v) is 21.2. The van der Waals surface area contributed by atoms with Crippen molar-refractivity contribution in [2.45, 2.75) is 26.0 Å². The third-order valence-electron chi connectivity index (χ3n) is 5.60. The number of fused-ring (bicyclic) bond motifs is 1. The fourth-order valence-electron chi connectivity index (χ4n) is 3.66. The average molecular weight is 509 g/mol. The number of rotatable bonds is 3. The molecule has 2 aromatic carbocycles. The van der Waals surface area contributed by atoms with Crippen LogP contribution in [0.4, 0.5) is 16.2 Å². The molecule has 8 nitrogen and oxygen atoms in total. The number of methoxy groups -OCH3 is 1. The predicted molar refractivity (Wildman–Crippen MR) is 135 cm³/mol. The average Bonchev–Trinajstić information content (AvgIpc) is 2.77. The molecule has 0 fully saturated rings. The maximum absolute atomic E-state index is 13.3. The molecule has 3 rings (SSSR count). The van der Waals surface area contributed by atoms with Crippen LogP contribution in [0.25, 0.3) is 0 Å². The van der Waals surface area contributed by atoms with E-state index in [0.717, 1.165) is 6.54 Å². The third kappa shape index (κ3) is 6.99. The Labute approximate surface area is 209 Å². The van der Waals surface area contributed by atoms with E-state index in [1.54, 1.807) is 55.5 Å². The highest BCUT2D eigenvalue weighted by Gasteiger charge is 2.25. The monoisotopic (exact) mass is 508 g/mol. The summed E-state index contributed by atoms with van der Waals surface area (Å²) in [5.74, 6) is 0.412. The highest BCUT2D eigenvalue weighted by molar-refractivity contribution is 6.35. The van der Waals surface area contributed by atoms with Gasteiger partial charge >= 0.3 is 6.03 Å². The van der Waals surface area contributed by atoms with E-state index < -0.39 is 6.03 Å². The second kappa shape index (κ2) is 11.8. The van der Waals surface area contributed by atoms with Crippen molar-refractivity contribution in [2.24, 2.45) is 5.92 Å². The first-order valence-electron chi connectivity index (χ1n) is 11.0. The Bertz CT molecular complexity index is 1020. The number of carbonyl (C=O) groups excluding carboxylic acids is 2. The summed E-state index contributed by atoms with van der Waals surface area (Å²) in [7, 11) is 3.38. The van der Waals surface area contributed by atoms with Gasteiger partial charge in [0.2, 0.25) is 0 Å². The Morgan fingerprint density at radius 3 is 2.47 bits per heavy atom. The molecule has 184 valence electrons. The van der Waals surface area contributed by atoms with E-state index >= 15 is 0 Å². The maximum atomic E-state index is 13.3. The molecule has 1 heterocycles. The van der Waals surface area contributed by atoms with Gasteiger partial charge in [-0.05, 0) is 49.2 Å². The van der Waals surface area contributed by atoms with Crippen LogP contribution in [0.5, 0.6) is 5.75 Å². The summed E-state index contributed by atoms with van der Waals surface area (Å²) in [6.45, 7) is 5.65. The first-order valence-corrected chi connectivity index (χ1v) is 11.7. The molecule has 0 spiro atoms. The number of hydrogen-bond acceptors (Lipinski definition) is 5. The second-order valence-electron chi connectivity index (χ2n) is 8.51. The Morgan fingerprint density at radius 1 is 1.12 bits per heavy atom. The standard InChI is InChI=1S/C24H30Cl2N4O4/c1-14-11-27-15(2)13-34-21-6-5-18(10-20(21)23(31)30(3)12-22(14)33-4)28-24(32)29-19-8-16(25)7-17(26)9-19/h5-10,14-15,22,27H,11-13H2,1-4H3,(H2,28,29,32)/t14-,15+,22-/m1/s1. The summed E-state index contributed by atoms with van der Waals surface area (Å²) >= 11 is 12.0. The van der Waals surface area contributed by atoms with Gasteiger partial charge < -0.3 is 30.3 Å². The molecule has 0 saturated heterocycles. The van der Waals surface area contributed by atoms with E-state index in [9.17, 15) is 9.59 Å². The van der Waals surface area contributed by atoms with E-state index in [4.69, 9.17) is 32.7 Å². The third-order valence-corrected chi connectivity index (χ3v) is 6.04. The van der Waals surface area contributed by atoms with Gasteiger partial charge in [-0.15, -0.1) is 0 Å². The fraction of sp³-hybridized carbons (Fsp3) is 0.417. The minimum atomic E-state index is -0.501. The predicted octanol–water partition coefficient (Wildman–Crippen LogP) is 4.73. The summed E-state index contributed by atoms with van der Waals surface area (Å²) in [4.78, 5) is 27.5. The Hall–Kier alpha value is -2.52. The number of benzene rings is 2. The van der Waals surface area contributed by atoms with Gasteiger partial charge in [0.05, 0.1) is 11.7 Å². The Morgan fingerprint density at radius 2 is 1.79 bits per heavy atom. The molecule has 3 N–H and O–H groups in total.